The van der Waals surface area contributed by atoms with Crippen LogP contribution in [0.4, 0.5) is 0 Å². The number of alkyl halides is 1. The lowest BCUT2D eigenvalue weighted by molar-refractivity contribution is 0.472. The highest BCUT2D eigenvalue weighted by Crippen LogP contribution is 2.08. The molecule has 0 saturated heterocycles. The first kappa shape index (κ1) is 13.5. The second-order valence-electron chi connectivity index (χ2n) is 4.28. The van der Waals surface area contributed by atoms with Gasteiger partial charge in [0.1, 0.15) is 0 Å². The Balaban J connectivity index is 2.49. The van der Waals surface area contributed by atoms with Crippen LogP contribution < -0.4 is 11.3 Å². The van der Waals surface area contributed by atoms with Gasteiger partial charge in [0, 0.05) is 30.6 Å². The zero-order valence-electron chi connectivity index (χ0n) is 9.99. The minimum Gasteiger partial charge on any atom is -0.271 e. The van der Waals surface area contributed by atoms with E-state index < -0.39 is 0 Å². The molecule has 0 amide bonds. The lowest BCUT2D eigenvalue weighted by Gasteiger charge is -2.13. The van der Waals surface area contributed by atoms with Gasteiger partial charge in [-0.05, 0) is 32.8 Å². The predicted octanol–water partition coefficient (Wildman–Crippen LogP) is 1.86. The van der Waals surface area contributed by atoms with E-state index in [-0.39, 0.29) is 6.04 Å². The monoisotopic (exact) mass is 244 g/mol. The van der Waals surface area contributed by atoms with Gasteiger partial charge in [-0.3, -0.25) is 16.0 Å². The van der Waals surface area contributed by atoms with Gasteiger partial charge < -0.3 is 0 Å². The van der Waals surface area contributed by atoms with Crippen LogP contribution >= 0.6 is 11.6 Å². The summed E-state index contributed by atoms with van der Waals surface area (Å²) in [5, 5.41) is 4.49. The molecule has 0 radical (unpaired) electrons. The van der Waals surface area contributed by atoms with Crippen LogP contribution in [0.15, 0.2) is 12.3 Å². The number of hydrogen-bond donors (Lipinski definition) is 2. The normalized spacial score (nSPS) is 13.3. The molecular weight excluding hydrogens is 224 g/mol. The summed E-state index contributed by atoms with van der Waals surface area (Å²) in [7, 11) is 0. The number of nitrogens with one attached hydrogen (secondary N) is 1. The number of rotatable bonds is 7. The second-order valence-corrected chi connectivity index (χ2v) is 4.66. The molecule has 3 N–H and O–H groups in total. The fourth-order valence-corrected chi connectivity index (χ4v) is 1.75. The van der Waals surface area contributed by atoms with Crippen molar-refractivity contribution in [1.82, 2.24) is 15.2 Å². The van der Waals surface area contributed by atoms with Crippen molar-refractivity contribution >= 4 is 11.6 Å². The fraction of sp³-hybridized carbons (Fsp3) is 0.727. The first-order valence-electron chi connectivity index (χ1n) is 5.73. The van der Waals surface area contributed by atoms with Crippen molar-refractivity contribution in [2.45, 2.75) is 45.2 Å². The third kappa shape index (κ3) is 4.12. The SMILES string of the molecule is CC(C)n1ccc(CC(CCCCl)NN)n1. The molecule has 0 spiro atoms. The Morgan fingerprint density at radius 3 is 2.81 bits per heavy atom. The van der Waals surface area contributed by atoms with E-state index >= 15 is 0 Å². The maximum Gasteiger partial charge on any atom is 0.0640 e. The molecule has 5 heteroatoms. The highest BCUT2D eigenvalue weighted by Gasteiger charge is 2.10. The van der Waals surface area contributed by atoms with Crippen LogP contribution in [0.5, 0.6) is 0 Å². The number of hydrogen-bond acceptors (Lipinski definition) is 3. The Labute approximate surface area is 102 Å². The quantitative estimate of drug-likeness (QED) is 0.437. The van der Waals surface area contributed by atoms with E-state index in [1.54, 1.807) is 0 Å². The van der Waals surface area contributed by atoms with Gasteiger partial charge in [-0.25, -0.2) is 0 Å². The highest BCUT2D eigenvalue weighted by atomic mass is 35.5. The van der Waals surface area contributed by atoms with Gasteiger partial charge in [0.25, 0.3) is 0 Å². The predicted molar refractivity (Wildman–Crippen MR) is 67.4 cm³/mol. The Morgan fingerprint density at radius 1 is 1.56 bits per heavy atom. The number of nitrogens with zero attached hydrogens (tertiary/aromatic N) is 2. The summed E-state index contributed by atoms with van der Waals surface area (Å²) in [5.41, 5.74) is 3.89. The van der Waals surface area contributed by atoms with Crippen molar-refractivity contribution in [2.24, 2.45) is 5.84 Å². The molecule has 92 valence electrons. The van der Waals surface area contributed by atoms with E-state index in [1.165, 1.54) is 0 Å². The summed E-state index contributed by atoms with van der Waals surface area (Å²) >= 11 is 5.66. The lowest BCUT2D eigenvalue weighted by Crippen LogP contribution is -2.37. The van der Waals surface area contributed by atoms with Crippen molar-refractivity contribution in [2.75, 3.05) is 5.88 Å². The molecule has 0 aliphatic rings. The zero-order valence-corrected chi connectivity index (χ0v) is 10.7. The fourth-order valence-electron chi connectivity index (χ4n) is 1.59. The van der Waals surface area contributed by atoms with E-state index in [0.717, 1.165) is 25.0 Å². The summed E-state index contributed by atoms with van der Waals surface area (Å²) in [6.07, 6.45) is 4.82. The molecule has 1 heterocycles. The lowest BCUT2D eigenvalue weighted by atomic mass is 10.1. The molecule has 0 bridgehead atoms. The van der Waals surface area contributed by atoms with Gasteiger partial charge >= 0.3 is 0 Å². The molecule has 1 unspecified atom stereocenters. The van der Waals surface area contributed by atoms with Crippen LogP contribution in [0.3, 0.4) is 0 Å². The van der Waals surface area contributed by atoms with Gasteiger partial charge in [-0.15, -0.1) is 11.6 Å². The number of nitrogens with two attached hydrogens (primary N) is 1. The molecule has 1 aromatic heterocycles. The topological polar surface area (TPSA) is 55.9 Å². The van der Waals surface area contributed by atoms with E-state index in [9.17, 15) is 0 Å². The van der Waals surface area contributed by atoms with Crippen LogP contribution in [0, 0.1) is 0 Å². The van der Waals surface area contributed by atoms with Crippen LogP contribution in [0.2, 0.25) is 0 Å². The highest BCUT2D eigenvalue weighted by molar-refractivity contribution is 6.17. The molecule has 0 saturated carbocycles. The van der Waals surface area contributed by atoms with Gasteiger partial charge in [0.2, 0.25) is 0 Å². The maximum absolute atomic E-state index is 5.66. The number of hydrazine groups is 1. The van der Waals surface area contributed by atoms with E-state index in [1.807, 2.05) is 16.9 Å². The van der Waals surface area contributed by atoms with Crippen LogP contribution in [-0.4, -0.2) is 21.7 Å². The van der Waals surface area contributed by atoms with Crippen molar-refractivity contribution < 1.29 is 0 Å². The zero-order chi connectivity index (χ0) is 12.0. The van der Waals surface area contributed by atoms with Crippen molar-refractivity contribution in [3.05, 3.63) is 18.0 Å². The first-order valence-corrected chi connectivity index (χ1v) is 6.27. The summed E-state index contributed by atoms with van der Waals surface area (Å²) in [5.74, 6) is 6.18. The Bertz CT molecular complexity index is 298. The summed E-state index contributed by atoms with van der Waals surface area (Å²) in [6.45, 7) is 4.23. The number of halogens is 1. The number of aromatic nitrogens is 2. The van der Waals surface area contributed by atoms with E-state index in [4.69, 9.17) is 17.4 Å². The summed E-state index contributed by atoms with van der Waals surface area (Å²) < 4.78 is 1.96. The molecule has 1 rings (SSSR count). The van der Waals surface area contributed by atoms with Gasteiger partial charge in [-0.1, -0.05) is 0 Å². The maximum atomic E-state index is 5.66. The smallest absolute Gasteiger partial charge is 0.0640 e. The molecular formula is C11H21ClN4. The van der Waals surface area contributed by atoms with Gasteiger partial charge in [-0.2, -0.15) is 5.10 Å². The average molecular weight is 245 g/mol. The molecule has 1 aromatic rings. The molecule has 0 fully saturated rings. The van der Waals surface area contributed by atoms with Crippen molar-refractivity contribution in [1.29, 1.82) is 0 Å². The minimum absolute atomic E-state index is 0.259. The Kier molecular flexibility index (Phi) is 5.80. The molecule has 1 atom stereocenters. The van der Waals surface area contributed by atoms with Crippen molar-refractivity contribution in [3.63, 3.8) is 0 Å². The van der Waals surface area contributed by atoms with Gasteiger partial charge in [0.15, 0.2) is 0 Å². The Morgan fingerprint density at radius 2 is 2.31 bits per heavy atom. The van der Waals surface area contributed by atoms with Crippen LogP contribution in [0.1, 0.15) is 38.4 Å². The molecule has 4 nitrogen and oxygen atoms in total. The van der Waals surface area contributed by atoms with Gasteiger partial charge in [0.05, 0.1) is 5.69 Å². The van der Waals surface area contributed by atoms with E-state index in [2.05, 4.69) is 24.4 Å². The molecule has 16 heavy (non-hydrogen) atoms. The Hall–Kier alpha value is -0.580. The first-order chi connectivity index (χ1) is 7.67. The van der Waals surface area contributed by atoms with Crippen LogP contribution in [-0.2, 0) is 6.42 Å². The summed E-state index contributed by atoms with van der Waals surface area (Å²) in [6, 6.07) is 2.71. The van der Waals surface area contributed by atoms with E-state index in [0.29, 0.717) is 11.9 Å². The third-order valence-corrected chi connectivity index (χ3v) is 2.84. The third-order valence-electron chi connectivity index (χ3n) is 2.57. The molecule has 0 aromatic carbocycles. The largest absolute Gasteiger partial charge is 0.271 e. The molecule has 0 aliphatic carbocycles. The van der Waals surface area contributed by atoms with Crippen LogP contribution in [0.25, 0.3) is 0 Å². The summed E-state index contributed by atoms with van der Waals surface area (Å²) in [4.78, 5) is 0. The van der Waals surface area contributed by atoms with Crippen molar-refractivity contribution in [3.8, 4) is 0 Å². The second kappa shape index (κ2) is 6.89. The average Bonchev–Trinajstić information content (AvgIpc) is 2.72. The standard InChI is InChI=1S/C11H21ClN4/c1-9(2)16-7-5-11(15-16)8-10(14-13)4-3-6-12/h5,7,9-10,14H,3-4,6,8,13H2,1-2H3. The molecule has 0 aliphatic heterocycles. The minimum atomic E-state index is 0.259.